The second-order valence-corrected chi connectivity index (χ2v) is 8.90. The maximum absolute atomic E-state index is 13.4. The first-order valence-corrected chi connectivity index (χ1v) is 10.6. The van der Waals surface area contributed by atoms with Gasteiger partial charge in [0.05, 0.1) is 10.4 Å². The van der Waals surface area contributed by atoms with Crippen molar-refractivity contribution < 1.29 is 27.8 Å². The van der Waals surface area contributed by atoms with Crippen LogP contribution in [0.3, 0.4) is 0 Å². The minimum absolute atomic E-state index is 0.0169. The molecule has 3 saturated carbocycles. The van der Waals surface area contributed by atoms with Crippen molar-refractivity contribution in [2.24, 2.45) is 5.41 Å². The number of ether oxygens (including phenoxy) is 2. The summed E-state index contributed by atoms with van der Waals surface area (Å²) < 4.78 is 36.5. The van der Waals surface area contributed by atoms with Crippen molar-refractivity contribution in [3.8, 4) is 11.5 Å². The number of nitrogens with one attached hydrogen (secondary N) is 2. The number of halogens is 3. The molecule has 2 N–H and O–H groups in total. The third-order valence-corrected chi connectivity index (χ3v) is 6.16. The largest absolute Gasteiger partial charge is 0.484 e. The van der Waals surface area contributed by atoms with Gasteiger partial charge in [0.15, 0.2) is 6.61 Å². The zero-order valence-corrected chi connectivity index (χ0v) is 18.2. The van der Waals surface area contributed by atoms with Crippen LogP contribution < -0.4 is 20.1 Å². The molecule has 170 valence electrons. The minimum atomic E-state index is -1.38. The van der Waals surface area contributed by atoms with Gasteiger partial charge < -0.3 is 20.1 Å². The van der Waals surface area contributed by atoms with Gasteiger partial charge in [0.2, 0.25) is 12.3 Å². The van der Waals surface area contributed by atoms with Crippen LogP contribution in [0.1, 0.15) is 31.7 Å². The second-order valence-electron chi connectivity index (χ2n) is 8.49. The Bertz CT molecular complexity index is 1010. The lowest BCUT2D eigenvalue weighted by atomic mass is 9.39. The molecule has 1 unspecified atom stereocenters. The summed E-state index contributed by atoms with van der Waals surface area (Å²) >= 11 is 5.62. The molecule has 3 aliphatic carbocycles. The quantitative estimate of drug-likeness (QED) is 0.590. The molecule has 2 aromatic rings. The second kappa shape index (κ2) is 8.58. The van der Waals surface area contributed by atoms with Crippen LogP contribution in [0.2, 0.25) is 5.02 Å². The highest BCUT2D eigenvalue weighted by Crippen LogP contribution is 2.67. The van der Waals surface area contributed by atoms with Crippen molar-refractivity contribution in [2.45, 2.75) is 44.6 Å². The van der Waals surface area contributed by atoms with E-state index in [1.807, 2.05) is 0 Å². The van der Waals surface area contributed by atoms with E-state index in [-0.39, 0.29) is 34.7 Å². The molecule has 2 bridgehead atoms. The molecule has 6 nitrogen and oxygen atoms in total. The fraction of sp³-hybridized carbons (Fsp3) is 0.391. The third kappa shape index (κ3) is 4.65. The van der Waals surface area contributed by atoms with Crippen LogP contribution in [0, 0.1) is 11.2 Å². The van der Waals surface area contributed by atoms with Crippen molar-refractivity contribution in [3.05, 3.63) is 58.9 Å². The highest BCUT2D eigenvalue weighted by Gasteiger charge is 2.72. The van der Waals surface area contributed by atoms with Crippen LogP contribution in [-0.2, 0) is 16.1 Å². The smallest absolute Gasteiger partial charge is 0.258 e. The molecule has 5 rings (SSSR count). The molecule has 0 heterocycles. The Morgan fingerprint density at radius 1 is 1.12 bits per heavy atom. The maximum atomic E-state index is 13.4. The molecule has 0 radical (unpaired) electrons. The van der Waals surface area contributed by atoms with E-state index in [0.29, 0.717) is 31.6 Å². The molecule has 9 heteroatoms. The number of hydrogen-bond donors (Lipinski definition) is 2. The van der Waals surface area contributed by atoms with Crippen LogP contribution in [-0.4, -0.2) is 30.3 Å². The summed E-state index contributed by atoms with van der Waals surface area (Å²) in [5, 5.41) is 5.83. The summed E-state index contributed by atoms with van der Waals surface area (Å²) in [5.74, 6) is -0.333. The van der Waals surface area contributed by atoms with E-state index in [2.05, 4.69) is 10.6 Å². The Labute approximate surface area is 189 Å². The highest BCUT2D eigenvalue weighted by atomic mass is 35.5. The van der Waals surface area contributed by atoms with Gasteiger partial charge in [-0.3, -0.25) is 9.59 Å². The molecule has 2 amide bonds. The first-order chi connectivity index (χ1) is 15.2. The summed E-state index contributed by atoms with van der Waals surface area (Å²) in [6.45, 7) is 1.42. The average molecular weight is 465 g/mol. The first kappa shape index (κ1) is 22.3. The molecular formula is C23H23ClF2N2O4. The molecule has 0 aliphatic heterocycles. The molecule has 3 fully saturated rings. The van der Waals surface area contributed by atoms with E-state index in [9.17, 15) is 18.4 Å². The molecule has 0 aromatic heterocycles. The van der Waals surface area contributed by atoms with Gasteiger partial charge in [-0.15, -0.1) is 0 Å². The maximum Gasteiger partial charge on any atom is 0.258 e. The summed E-state index contributed by atoms with van der Waals surface area (Å²) in [7, 11) is 0. The van der Waals surface area contributed by atoms with Gasteiger partial charge in [-0.05, 0) is 49.1 Å². The number of amides is 2. The van der Waals surface area contributed by atoms with E-state index in [0.717, 1.165) is 11.6 Å². The van der Waals surface area contributed by atoms with E-state index in [4.69, 9.17) is 21.1 Å². The Morgan fingerprint density at radius 2 is 1.78 bits per heavy atom. The van der Waals surface area contributed by atoms with Gasteiger partial charge in [0.25, 0.3) is 5.91 Å². The van der Waals surface area contributed by atoms with E-state index < -0.39 is 17.6 Å². The Morgan fingerprint density at radius 3 is 2.41 bits per heavy atom. The van der Waals surface area contributed by atoms with Crippen molar-refractivity contribution in [1.29, 1.82) is 0 Å². The van der Waals surface area contributed by atoms with Gasteiger partial charge in [-0.2, -0.15) is 0 Å². The highest BCUT2D eigenvalue weighted by molar-refractivity contribution is 6.30. The van der Waals surface area contributed by atoms with Gasteiger partial charge >= 0.3 is 0 Å². The molecule has 2 aromatic carbocycles. The topological polar surface area (TPSA) is 76.7 Å². The summed E-state index contributed by atoms with van der Waals surface area (Å²) in [6.07, 6.45) is 0.348. The van der Waals surface area contributed by atoms with E-state index in [1.54, 1.807) is 24.3 Å². The van der Waals surface area contributed by atoms with Crippen LogP contribution in [0.4, 0.5) is 8.78 Å². The normalized spacial score (nSPS) is 23.9. The lowest BCUT2D eigenvalue weighted by Gasteiger charge is -2.69. The van der Waals surface area contributed by atoms with Crippen molar-refractivity contribution in [2.75, 3.05) is 6.61 Å². The van der Waals surface area contributed by atoms with Gasteiger partial charge in [0, 0.05) is 25.1 Å². The minimum Gasteiger partial charge on any atom is -0.484 e. The number of alkyl halides is 1. The molecule has 0 spiro atoms. The summed E-state index contributed by atoms with van der Waals surface area (Å²) in [4.78, 5) is 24.8. The lowest BCUT2D eigenvalue weighted by molar-refractivity contribution is -0.184. The molecule has 32 heavy (non-hydrogen) atoms. The van der Waals surface area contributed by atoms with Crippen LogP contribution in [0.5, 0.6) is 11.5 Å². The van der Waals surface area contributed by atoms with E-state index >= 15 is 0 Å². The molecule has 3 aliphatic rings. The zero-order valence-electron chi connectivity index (χ0n) is 17.4. The first-order valence-electron chi connectivity index (χ1n) is 10.3. The predicted molar refractivity (Wildman–Crippen MR) is 114 cm³/mol. The number of hydrogen-bond acceptors (Lipinski definition) is 4. The molecule has 1 atom stereocenters. The van der Waals surface area contributed by atoms with Crippen LogP contribution in [0.15, 0.2) is 42.5 Å². The predicted octanol–water partition coefficient (Wildman–Crippen LogP) is 3.91. The van der Waals surface area contributed by atoms with E-state index in [1.165, 1.54) is 19.1 Å². The standard InChI is InChI=1S/C23H23ClF2N2O4/c1-14(25)32-16-4-2-15(3-5-16)9-27-21(30)22-11-23(12-22,13-22)28-20(29)10-31-17-6-7-18(24)19(26)8-17/h2-8,14H,9-13H2,1H3,(H,27,30)(H,28,29). The Hall–Kier alpha value is -2.87. The van der Waals surface area contributed by atoms with Gasteiger partial charge in [0.1, 0.15) is 17.3 Å². The summed E-state index contributed by atoms with van der Waals surface area (Å²) in [6, 6.07) is 10.8. The average Bonchev–Trinajstić information content (AvgIpc) is 2.69. The molecule has 0 saturated heterocycles. The fourth-order valence-corrected chi connectivity index (χ4v) is 4.57. The third-order valence-electron chi connectivity index (χ3n) is 5.85. The van der Waals surface area contributed by atoms with Crippen LogP contribution >= 0.6 is 11.6 Å². The zero-order chi connectivity index (χ0) is 22.9. The Kier molecular flexibility index (Phi) is 5.99. The van der Waals surface area contributed by atoms with Crippen molar-refractivity contribution in [1.82, 2.24) is 10.6 Å². The number of carbonyl (C=O) groups excluding carboxylic acids is 2. The van der Waals surface area contributed by atoms with Crippen molar-refractivity contribution >= 4 is 23.4 Å². The SMILES string of the molecule is CC(F)Oc1ccc(CNC(=O)C23CC(NC(=O)COc4ccc(Cl)c(F)c4)(C2)C3)cc1. The molecular weight excluding hydrogens is 442 g/mol. The number of rotatable bonds is 9. The monoisotopic (exact) mass is 464 g/mol. The number of carbonyl (C=O) groups is 2. The summed E-state index contributed by atoms with van der Waals surface area (Å²) in [5.41, 5.74) is 0.0632. The van der Waals surface area contributed by atoms with Gasteiger partial charge in [-0.1, -0.05) is 23.7 Å². The van der Waals surface area contributed by atoms with Crippen molar-refractivity contribution in [3.63, 3.8) is 0 Å². The lowest BCUT2D eigenvalue weighted by Crippen LogP contribution is -2.78. The Balaban J connectivity index is 1.19. The fourth-order valence-electron chi connectivity index (χ4n) is 4.45. The van der Waals surface area contributed by atoms with Gasteiger partial charge in [-0.25, -0.2) is 8.78 Å². The number of benzene rings is 2. The van der Waals surface area contributed by atoms with Crippen LogP contribution in [0.25, 0.3) is 0 Å².